The van der Waals surface area contributed by atoms with Crippen molar-refractivity contribution in [2.24, 2.45) is 5.10 Å². The summed E-state index contributed by atoms with van der Waals surface area (Å²) >= 11 is 6.73. The lowest BCUT2D eigenvalue weighted by Crippen LogP contribution is -2.24. The molecule has 0 aliphatic rings. The van der Waals surface area contributed by atoms with Crippen LogP contribution in [-0.4, -0.2) is 23.8 Å². The Morgan fingerprint density at radius 1 is 1.19 bits per heavy atom. The molecule has 0 aliphatic carbocycles. The van der Waals surface area contributed by atoms with Gasteiger partial charge in [-0.15, -0.1) is 0 Å². The van der Waals surface area contributed by atoms with Crippen molar-refractivity contribution in [3.8, 4) is 11.5 Å². The molecule has 0 saturated heterocycles. The fourth-order valence-electron chi connectivity index (χ4n) is 2.43. The number of nitrogens with one attached hydrogen (secondary N) is 1. The van der Waals surface area contributed by atoms with Crippen LogP contribution in [0, 0.1) is 6.92 Å². The van der Waals surface area contributed by atoms with Gasteiger partial charge in [0.2, 0.25) is 0 Å². The summed E-state index contributed by atoms with van der Waals surface area (Å²) in [5, 5.41) is 16.1. The Balaban J connectivity index is 1.59. The molecule has 3 aromatic carbocycles. The van der Waals surface area contributed by atoms with Crippen LogP contribution in [0.1, 0.15) is 11.1 Å². The lowest BCUT2D eigenvalue weighted by molar-refractivity contribution is -0.123. The van der Waals surface area contributed by atoms with Gasteiger partial charge in [-0.1, -0.05) is 46.3 Å². The summed E-state index contributed by atoms with van der Waals surface area (Å²) in [7, 11) is 0. The number of carbonyl (C=O) groups excluding carboxylic acids is 1. The molecule has 3 rings (SSSR count). The normalized spacial score (nSPS) is 11.1. The summed E-state index contributed by atoms with van der Waals surface area (Å²) in [6.07, 6.45) is 1.37. The predicted octanol–water partition coefficient (Wildman–Crippen LogP) is 4.91. The first-order valence-corrected chi connectivity index (χ1v) is 9.65. The molecule has 0 atom stereocenters. The van der Waals surface area contributed by atoms with Gasteiger partial charge in [0, 0.05) is 10.0 Å². The molecular weight excluding hydrogens is 476 g/mol. The molecule has 2 N–H and O–H groups in total. The minimum Gasteiger partial charge on any atom is -0.506 e. The maximum atomic E-state index is 11.9. The number of rotatable bonds is 5. The number of hydrazone groups is 1. The second kappa shape index (κ2) is 8.54. The van der Waals surface area contributed by atoms with Crippen molar-refractivity contribution < 1.29 is 14.6 Å². The van der Waals surface area contributed by atoms with E-state index in [1.807, 2.05) is 49.4 Å². The molecule has 5 nitrogen and oxygen atoms in total. The van der Waals surface area contributed by atoms with Crippen molar-refractivity contribution in [1.82, 2.24) is 5.43 Å². The van der Waals surface area contributed by atoms with Crippen molar-refractivity contribution in [1.29, 1.82) is 0 Å². The number of aromatic hydroxyl groups is 1. The van der Waals surface area contributed by atoms with Gasteiger partial charge in [0.25, 0.3) is 5.91 Å². The van der Waals surface area contributed by atoms with Crippen molar-refractivity contribution in [3.63, 3.8) is 0 Å². The molecule has 0 heterocycles. The molecule has 0 aromatic heterocycles. The van der Waals surface area contributed by atoms with E-state index < -0.39 is 5.91 Å². The van der Waals surface area contributed by atoms with Crippen LogP contribution in [0.3, 0.4) is 0 Å². The van der Waals surface area contributed by atoms with Gasteiger partial charge in [-0.3, -0.25) is 4.79 Å². The number of phenolic OH excluding ortho intramolecular Hbond substituents is 1. The van der Waals surface area contributed by atoms with Gasteiger partial charge in [-0.2, -0.15) is 5.10 Å². The van der Waals surface area contributed by atoms with Crippen molar-refractivity contribution >= 4 is 54.8 Å². The van der Waals surface area contributed by atoms with Gasteiger partial charge >= 0.3 is 0 Å². The van der Waals surface area contributed by atoms with E-state index in [0.29, 0.717) is 15.8 Å². The minimum absolute atomic E-state index is 0.0566. The summed E-state index contributed by atoms with van der Waals surface area (Å²) in [4.78, 5) is 11.9. The monoisotopic (exact) mass is 490 g/mol. The predicted molar refractivity (Wildman–Crippen MR) is 113 cm³/mol. The second-order valence-electron chi connectivity index (χ2n) is 5.83. The molecule has 27 heavy (non-hydrogen) atoms. The number of nitrogens with zero attached hydrogens (tertiary/aromatic N) is 1. The molecule has 0 bridgehead atoms. The molecule has 0 radical (unpaired) electrons. The minimum atomic E-state index is -0.399. The molecular formula is C20H16Br2N2O3. The Kier molecular flexibility index (Phi) is 6.13. The number of phenols is 1. The van der Waals surface area contributed by atoms with Gasteiger partial charge < -0.3 is 9.84 Å². The molecule has 7 heteroatoms. The Morgan fingerprint density at radius 3 is 2.70 bits per heavy atom. The highest BCUT2D eigenvalue weighted by Gasteiger charge is 2.10. The highest BCUT2D eigenvalue weighted by Crippen LogP contribution is 2.35. The number of carbonyl (C=O) groups is 1. The van der Waals surface area contributed by atoms with Gasteiger partial charge in [-0.25, -0.2) is 5.43 Å². The highest BCUT2D eigenvalue weighted by atomic mass is 79.9. The van der Waals surface area contributed by atoms with Crippen LogP contribution in [0.25, 0.3) is 10.8 Å². The second-order valence-corrected chi connectivity index (χ2v) is 7.47. The summed E-state index contributed by atoms with van der Waals surface area (Å²) in [5.74, 6) is 0.266. The first kappa shape index (κ1) is 19.4. The number of fused-ring (bicyclic) bond motifs is 1. The third-order valence-corrected chi connectivity index (χ3v) is 5.73. The van der Waals surface area contributed by atoms with E-state index in [4.69, 9.17) is 4.74 Å². The maximum absolute atomic E-state index is 11.9. The molecule has 0 aliphatic heterocycles. The number of hydrogen-bond donors (Lipinski definition) is 2. The Morgan fingerprint density at radius 2 is 1.93 bits per heavy atom. The molecule has 138 valence electrons. The van der Waals surface area contributed by atoms with Crippen LogP contribution in [0.2, 0.25) is 0 Å². The average Bonchev–Trinajstić information content (AvgIpc) is 2.68. The Bertz CT molecular complexity index is 1040. The third kappa shape index (κ3) is 4.67. The SMILES string of the molecule is Cc1c(Br)cc(/C=N\NC(=O)COc2ccc3ccccc3c2)c(O)c1Br. The van der Waals surface area contributed by atoms with Gasteiger partial charge in [0.05, 0.1) is 10.7 Å². The van der Waals surface area contributed by atoms with E-state index in [9.17, 15) is 9.90 Å². The largest absolute Gasteiger partial charge is 0.506 e. The summed E-state index contributed by atoms with van der Waals surface area (Å²) in [6, 6.07) is 15.3. The van der Waals surface area contributed by atoms with Crippen LogP contribution in [0.15, 0.2) is 62.6 Å². The first-order chi connectivity index (χ1) is 13.0. The van der Waals surface area contributed by atoms with Gasteiger partial charge in [0.1, 0.15) is 11.5 Å². The average molecular weight is 492 g/mol. The molecule has 3 aromatic rings. The molecule has 0 unspecified atom stereocenters. The van der Waals surface area contributed by atoms with Crippen LogP contribution in [0.4, 0.5) is 0 Å². The van der Waals surface area contributed by atoms with Crippen molar-refractivity contribution in [3.05, 3.63) is 68.6 Å². The topological polar surface area (TPSA) is 70.9 Å². The maximum Gasteiger partial charge on any atom is 0.277 e. The van der Waals surface area contributed by atoms with Crippen LogP contribution in [0.5, 0.6) is 11.5 Å². The molecule has 1 amide bonds. The fraction of sp³-hybridized carbons (Fsp3) is 0.100. The van der Waals surface area contributed by atoms with Crippen molar-refractivity contribution in [2.45, 2.75) is 6.92 Å². The standard InChI is InChI=1S/C20H16Br2N2O3/c1-12-17(21)9-15(20(26)19(12)22)10-23-24-18(25)11-27-16-7-6-13-4-2-3-5-14(13)8-16/h2-10,26H,11H2,1H3,(H,24,25)/b23-10-. The number of hydrogen-bond acceptors (Lipinski definition) is 4. The van der Waals surface area contributed by atoms with E-state index >= 15 is 0 Å². The zero-order valence-electron chi connectivity index (χ0n) is 14.4. The number of benzene rings is 3. The summed E-state index contributed by atoms with van der Waals surface area (Å²) in [5.41, 5.74) is 3.72. The van der Waals surface area contributed by atoms with E-state index in [1.54, 1.807) is 6.07 Å². The van der Waals surface area contributed by atoms with Gasteiger partial charge in [-0.05, 0) is 57.4 Å². The molecule has 0 spiro atoms. The number of ether oxygens (including phenoxy) is 1. The summed E-state index contributed by atoms with van der Waals surface area (Å²) < 4.78 is 6.90. The highest BCUT2D eigenvalue weighted by molar-refractivity contribution is 9.11. The first-order valence-electron chi connectivity index (χ1n) is 8.07. The van der Waals surface area contributed by atoms with Crippen molar-refractivity contribution in [2.75, 3.05) is 6.61 Å². The van der Waals surface area contributed by atoms with E-state index in [1.165, 1.54) is 6.21 Å². The van der Waals surface area contributed by atoms with Gasteiger partial charge in [0.15, 0.2) is 6.61 Å². The quantitative estimate of drug-likeness (QED) is 0.393. The Hall–Kier alpha value is -2.38. The third-order valence-electron chi connectivity index (χ3n) is 3.93. The molecule has 0 saturated carbocycles. The molecule has 0 fully saturated rings. The van der Waals surface area contributed by atoms with E-state index in [2.05, 4.69) is 42.4 Å². The zero-order valence-corrected chi connectivity index (χ0v) is 17.5. The van der Waals surface area contributed by atoms with Crippen LogP contribution < -0.4 is 10.2 Å². The summed E-state index contributed by atoms with van der Waals surface area (Å²) in [6.45, 7) is 1.70. The lowest BCUT2D eigenvalue weighted by Gasteiger charge is -2.08. The van der Waals surface area contributed by atoms with Crippen LogP contribution in [-0.2, 0) is 4.79 Å². The fourth-order valence-corrected chi connectivity index (χ4v) is 3.59. The van der Waals surface area contributed by atoms with E-state index in [-0.39, 0.29) is 12.4 Å². The lowest BCUT2D eigenvalue weighted by atomic mass is 10.1. The van der Waals surface area contributed by atoms with E-state index in [0.717, 1.165) is 20.8 Å². The zero-order chi connectivity index (χ0) is 19.4. The van der Waals surface area contributed by atoms with Crippen LogP contribution >= 0.6 is 31.9 Å². The number of halogens is 2. The Labute approximate surface area is 173 Å². The number of amides is 1. The smallest absolute Gasteiger partial charge is 0.277 e.